The van der Waals surface area contributed by atoms with Gasteiger partial charge in [-0.2, -0.15) is 13.9 Å². The van der Waals surface area contributed by atoms with Crippen LogP contribution in [0.5, 0.6) is 0 Å². The second-order valence-corrected chi connectivity index (χ2v) is 8.47. The van der Waals surface area contributed by atoms with E-state index in [2.05, 4.69) is 5.48 Å². The lowest BCUT2D eigenvalue weighted by atomic mass is 10.2. The Labute approximate surface area is 159 Å². The Morgan fingerprint density at radius 1 is 1.15 bits per heavy atom. The van der Waals surface area contributed by atoms with Gasteiger partial charge in [0.05, 0.1) is 12.9 Å². The molecule has 0 radical (unpaired) electrons. The minimum Gasteiger partial charge on any atom is -0.444 e. The number of carbonyl (C=O) groups excluding carboxylic acids is 2. The number of hydrogen-bond acceptors (Lipinski definition) is 8. The molecule has 0 aromatic heterocycles. The summed E-state index contributed by atoms with van der Waals surface area (Å²) in [6.45, 7) is 6.41. The molecule has 1 rings (SSSR count). The molecule has 1 aromatic carbocycles. The molecule has 0 saturated carbocycles. The van der Waals surface area contributed by atoms with Crippen LogP contribution in [-0.4, -0.2) is 44.4 Å². The van der Waals surface area contributed by atoms with E-state index in [1.54, 1.807) is 20.8 Å². The maximum Gasteiger partial charge on any atom is 0.414 e. The third-order valence-corrected chi connectivity index (χ3v) is 3.65. The van der Waals surface area contributed by atoms with Crippen molar-refractivity contribution in [1.82, 2.24) is 10.8 Å². The Morgan fingerprint density at radius 2 is 1.74 bits per heavy atom. The SMILES string of the molecule is C[C@@H](OS(C)(=O)=O)[C@H](NOCc1ccccc1)C(=O)NC(=O)OC(C)(C)C. The highest BCUT2D eigenvalue weighted by Crippen LogP contribution is 2.08. The van der Waals surface area contributed by atoms with Gasteiger partial charge in [-0.3, -0.25) is 19.1 Å². The summed E-state index contributed by atoms with van der Waals surface area (Å²) in [7, 11) is -3.83. The fourth-order valence-electron chi connectivity index (χ4n) is 1.96. The number of hydroxylamine groups is 1. The van der Waals surface area contributed by atoms with Crippen LogP contribution in [-0.2, 0) is 35.3 Å². The highest BCUT2D eigenvalue weighted by molar-refractivity contribution is 7.86. The van der Waals surface area contributed by atoms with Crippen LogP contribution < -0.4 is 10.8 Å². The number of rotatable bonds is 8. The number of amides is 2. The molecule has 0 aliphatic carbocycles. The molecule has 27 heavy (non-hydrogen) atoms. The monoisotopic (exact) mass is 402 g/mol. The van der Waals surface area contributed by atoms with Gasteiger partial charge in [0, 0.05) is 0 Å². The van der Waals surface area contributed by atoms with E-state index in [4.69, 9.17) is 13.8 Å². The first-order chi connectivity index (χ1) is 12.4. The first kappa shape index (κ1) is 23.0. The van der Waals surface area contributed by atoms with Gasteiger partial charge in [-0.1, -0.05) is 30.3 Å². The van der Waals surface area contributed by atoms with E-state index in [1.807, 2.05) is 35.6 Å². The Bertz CT molecular complexity index is 729. The van der Waals surface area contributed by atoms with Crippen LogP contribution in [0.1, 0.15) is 33.3 Å². The molecule has 2 N–H and O–H groups in total. The fraction of sp³-hybridized carbons (Fsp3) is 0.529. The topological polar surface area (TPSA) is 120 Å². The van der Waals surface area contributed by atoms with Gasteiger partial charge in [0.2, 0.25) is 0 Å². The smallest absolute Gasteiger partial charge is 0.414 e. The number of ether oxygens (including phenoxy) is 1. The van der Waals surface area contributed by atoms with E-state index in [1.165, 1.54) is 6.92 Å². The van der Waals surface area contributed by atoms with Crippen molar-refractivity contribution in [2.45, 2.75) is 52.0 Å². The molecule has 2 amide bonds. The van der Waals surface area contributed by atoms with Crippen LogP contribution in [0, 0.1) is 0 Å². The first-order valence-corrected chi connectivity index (χ1v) is 10.0. The number of carbonyl (C=O) groups is 2. The molecule has 0 spiro atoms. The van der Waals surface area contributed by atoms with Crippen molar-refractivity contribution in [1.29, 1.82) is 0 Å². The first-order valence-electron chi connectivity index (χ1n) is 8.21. The Hall–Kier alpha value is -2.01. The highest BCUT2D eigenvalue weighted by Gasteiger charge is 2.31. The number of nitrogens with one attached hydrogen (secondary N) is 2. The molecule has 9 nitrogen and oxygen atoms in total. The molecule has 152 valence electrons. The van der Waals surface area contributed by atoms with Crippen LogP contribution >= 0.6 is 0 Å². The van der Waals surface area contributed by atoms with Crippen LogP contribution in [0.3, 0.4) is 0 Å². The molecule has 0 bridgehead atoms. The van der Waals surface area contributed by atoms with E-state index >= 15 is 0 Å². The molecular weight excluding hydrogens is 376 g/mol. The summed E-state index contributed by atoms with van der Waals surface area (Å²) >= 11 is 0. The van der Waals surface area contributed by atoms with Crippen molar-refractivity contribution in [2.24, 2.45) is 0 Å². The number of hydrogen-bond donors (Lipinski definition) is 2. The minimum absolute atomic E-state index is 0.114. The van der Waals surface area contributed by atoms with Crippen LogP contribution in [0.15, 0.2) is 30.3 Å². The third kappa shape index (κ3) is 10.0. The molecule has 10 heteroatoms. The summed E-state index contributed by atoms with van der Waals surface area (Å²) in [6.07, 6.45) is -1.25. The van der Waals surface area contributed by atoms with Crippen LogP contribution in [0.4, 0.5) is 4.79 Å². The zero-order valence-electron chi connectivity index (χ0n) is 16.0. The summed E-state index contributed by atoms with van der Waals surface area (Å²) in [6, 6.07) is 7.83. The quantitative estimate of drug-likeness (QED) is 0.496. The molecule has 1 aromatic rings. The fourth-order valence-corrected chi connectivity index (χ4v) is 2.63. The molecule has 0 saturated heterocycles. The molecule has 0 heterocycles. The van der Waals surface area contributed by atoms with E-state index < -0.39 is 39.9 Å². The van der Waals surface area contributed by atoms with Crippen molar-refractivity contribution in [3.8, 4) is 0 Å². The van der Waals surface area contributed by atoms with Gasteiger partial charge in [-0.25, -0.2) is 4.79 Å². The van der Waals surface area contributed by atoms with Gasteiger partial charge in [-0.15, -0.1) is 0 Å². The second kappa shape index (κ2) is 9.79. The van der Waals surface area contributed by atoms with E-state index in [-0.39, 0.29) is 6.61 Å². The van der Waals surface area contributed by atoms with Crippen LogP contribution in [0.25, 0.3) is 0 Å². The van der Waals surface area contributed by atoms with E-state index in [0.29, 0.717) is 0 Å². The molecule has 0 fully saturated rings. The Balaban J connectivity index is 2.76. The van der Waals surface area contributed by atoms with Crippen molar-refractivity contribution in [3.63, 3.8) is 0 Å². The van der Waals surface area contributed by atoms with Gasteiger partial charge in [0.1, 0.15) is 17.7 Å². The average Bonchev–Trinajstić information content (AvgIpc) is 2.48. The summed E-state index contributed by atoms with van der Waals surface area (Å²) < 4.78 is 32.6. The zero-order valence-corrected chi connectivity index (χ0v) is 16.8. The zero-order chi connectivity index (χ0) is 20.7. The number of benzene rings is 1. The average molecular weight is 402 g/mol. The standard InChI is InChI=1S/C17H26N2O7S/c1-12(26-27(5,22)23)14(15(20)18-16(21)25-17(2,3)4)19-24-11-13-9-7-6-8-10-13/h6-10,12,14,19H,11H2,1-5H3,(H,18,20,21)/t12-,14+/m1/s1. The molecule has 0 unspecified atom stereocenters. The summed E-state index contributed by atoms with van der Waals surface area (Å²) in [4.78, 5) is 29.5. The predicted octanol–water partition coefficient (Wildman–Crippen LogP) is 1.49. The van der Waals surface area contributed by atoms with Gasteiger partial charge in [0.15, 0.2) is 0 Å². The Kier molecular flexibility index (Phi) is 8.35. The predicted molar refractivity (Wildman–Crippen MR) is 97.9 cm³/mol. The number of alkyl carbamates (subject to hydrolysis) is 1. The lowest BCUT2D eigenvalue weighted by molar-refractivity contribution is -0.131. The largest absolute Gasteiger partial charge is 0.444 e. The molecule has 2 atom stereocenters. The summed E-state index contributed by atoms with van der Waals surface area (Å²) in [5.74, 6) is -0.853. The van der Waals surface area contributed by atoms with Gasteiger partial charge >= 0.3 is 6.09 Å². The van der Waals surface area contributed by atoms with Gasteiger partial charge in [-0.05, 0) is 33.3 Å². The van der Waals surface area contributed by atoms with Crippen molar-refractivity contribution in [3.05, 3.63) is 35.9 Å². The van der Waals surface area contributed by atoms with Crippen molar-refractivity contribution in [2.75, 3.05) is 6.26 Å². The van der Waals surface area contributed by atoms with Gasteiger partial charge in [0.25, 0.3) is 16.0 Å². The highest BCUT2D eigenvalue weighted by atomic mass is 32.2. The maximum atomic E-state index is 12.4. The normalized spacial score (nSPS) is 14.3. The molecule has 0 aliphatic rings. The van der Waals surface area contributed by atoms with E-state index in [9.17, 15) is 18.0 Å². The van der Waals surface area contributed by atoms with Crippen LogP contribution in [0.2, 0.25) is 0 Å². The van der Waals surface area contributed by atoms with Gasteiger partial charge < -0.3 is 4.74 Å². The lowest BCUT2D eigenvalue weighted by Crippen LogP contribution is -2.53. The number of imide groups is 1. The summed E-state index contributed by atoms with van der Waals surface area (Å²) in [5, 5.41) is 2.03. The Morgan fingerprint density at radius 3 is 2.26 bits per heavy atom. The minimum atomic E-state index is -3.83. The molecule has 0 aliphatic heterocycles. The second-order valence-electron chi connectivity index (χ2n) is 6.87. The lowest BCUT2D eigenvalue weighted by Gasteiger charge is -2.24. The maximum absolute atomic E-state index is 12.4. The molecular formula is C17H26N2O7S. The van der Waals surface area contributed by atoms with Crippen molar-refractivity contribution < 1.29 is 31.8 Å². The van der Waals surface area contributed by atoms with Crippen molar-refractivity contribution >= 4 is 22.1 Å². The van der Waals surface area contributed by atoms with E-state index in [0.717, 1.165) is 11.8 Å². The summed E-state index contributed by atoms with van der Waals surface area (Å²) in [5.41, 5.74) is 2.48. The third-order valence-electron chi connectivity index (χ3n) is 2.99.